The number of aliphatic imine (C=N–C) groups is 1. The zero-order valence-electron chi connectivity index (χ0n) is 13.3. The highest BCUT2D eigenvalue weighted by Gasteiger charge is 2.33. The summed E-state index contributed by atoms with van der Waals surface area (Å²) in [5, 5.41) is 16.3. The van der Waals surface area contributed by atoms with Gasteiger partial charge in [0.25, 0.3) is 0 Å². The summed E-state index contributed by atoms with van der Waals surface area (Å²) in [5.41, 5.74) is 0. The third kappa shape index (κ3) is 7.15. The predicted molar refractivity (Wildman–Crippen MR) is 98.4 cm³/mol. The quantitative estimate of drug-likeness (QED) is 0.268. The third-order valence-electron chi connectivity index (χ3n) is 4.24. The molecule has 21 heavy (non-hydrogen) atoms. The van der Waals surface area contributed by atoms with Gasteiger partial charge in [-0.2, -0.15) is 0 Å². The van der Waals surface area contributed by atoms with Gasteiger partial charge in [0.15, 0.2) is 5.96 Å². The number of piperidine rings is 1. The molecule has 1 aliphatic heterocycles. The van der Waals surface area contributed by atoms with E-state index in [1.807, 2.05) is 0 Å². The van der Waals surface area contributed by atoms with Gasteiger partial charge in [-0.1, -0.05) is 6.92 Å². The molecule has 0 amide bonds. The molecule has 1 heterocycles. The lowest BCUT2D eigenvalue weighted by Crippen LogP contribution is -2.39. The highest BCUT2D eigenvalue weighted by Crippen LogP contribution is 2.28. The van der Waals surface area contributed by atoms with Crippen LogP contribution in [0.15, 0.2) is 4.99 Å². The van der Waals surface area contributed by atoms with Crippen LogP contribution < -0.4 is 10.6 Å². The molecule has 0 aromatic carbocycles. The topological polar surface area (TPSA) is 59.9 Å². The van der Waals surface area contributed by atoms with E-state index in [0.29, 0.717) is 6.04 Å². The lowest BCUT2D eigenvalue weighted by Gasteiger charge is -2.29. The van der Waals surface area contributed by atoms with Crippen molar-refractivity contribution in [1.29, 1.82) is 0 Å². The molecule has 6 heteroatoms. The Bertz CT molecular complexity index is 319. The molecule has 1 saturated heterocycles. The first-order valence-corrected chi connectivity index (χ1v) is 8.14. The maximum Gasteiger partial charge on any atom is 0.191 e. The van der Waals surface area contributed by atoms with Crippen molar-refractivity contribution >= 4 is 29.9 Å². The Morgan fingerprint density at radius 1 is 1.33 bits per heavy atom. The molecule has 0 spiro atoms. The fourth-order valence-electron chi connectivity index (χ4n) is 2.65. The normalized spacial score (nSPS) is 27.1. The molecule has 1 aliphatic carbocycles. The first kappa shape index (κ1) is 19.0. The van der Waals surface area contributed by atoms with E-state index < -0.39 is 0 Å². The fourth-order valence-corrected chi connectivity index (χ4v) is 2.65. The Labute approximate surface area is 146 Å². The van der Waals surface area contributed by atoms with E-state index in [1.165, 1.54) is 6.42 Å². The molecule has 5 nitrogen and oxygen atoms in total. The highest BCUT2D eigenvalue weighted by atomic mass is 127. The van der Waals surface area contributed by atoms with Crippen molar-refractivity contribution in [2.24, 2.45) is 10.9 Å². The van der Waals surface area contributed by atoms with E-state index in [9.17, 15) is 5.11 Å². The molecule has 124 valence electrons. The number of hydrogen-bond acceptors (Lipinski definition) is 3. The van der Waals surface area contributed by atoms with Gasteiger partial charge < -0.3 is 20.6 Å². The van der Waals surface area contributed by atoms with Crippen LogP contribution in [0, 0.1) is 5.92 Å². The molecule has 2 unspecified atom stereocenters. The summed E-state index contributed by atoms with van der Waals surface area (Å²) in [6, 6.07) is 0.622. The van der Waals surface area contributed by atoms with E-state index in [4.69, 9.17) is 0 Å². The minimum absolute atomic E-state index is 0. The zero-order chi connectivity index (χ0) is 14.4. The van der Waals surface area contributed by atoms with Crippen molar-refractivity contribution in [3.63, 3.8) is 0 Å². The number of guanidine groups is 1. The summed E-state index contributed by atoms with van der Waals surface area (Å²) in [7, 11) is 0. The number of aliphatic hydroxyl groups excluding tert-OH is 1. The summed E-state index contributed by atoms with van der Waals surface area (Å²) >= 11 is 0. The minimum Gasteiger partial charge on any atom is -0.393 e. The van der Waals surface area contributed by atoms with Gasteiger partial charge in [0.05, 0.1) is 6.10 Å². The van der Waals surface area contributed by atoms with E-state index >= 15 is 0 Å². The molecular formula is C15H31IN4O. The van der Waals surface area contributed by atoms with Crippen molar-refractivity contribution in [1.82, 2.24) is 15.5 Å². The smallest absolute Gasteiger partial charge is 0.191 e. The van der Waals surface area contributed by atoms with Gasteiger partial charge in [-0.05, 0) is 45.1 Å². The molecule has 0 aromatic rings. The van der Waals surface area contributed by atoms with E-state index in [2.05, 4.69) is 34.4 Å². The standard InChI is InChI=1S/C15H30N4O.HI/c1-3-16-15(18-14-11-12(14)2)17-7-4-8-19-9-5-13(20)6-10-19;/h12-14,20H,3-11H2,1-2H3,(H2,16,17,18);1H. The maximum absolute atomic E-state index is 9.48. The first-order valence-electron chi connectivity index (χ1n) is 8.14. The molecule has 0 aromatic heterocycles. The maximum atomic E-state index is 9.48. The monoisotopic (exact) mass is 410 g/mol. The zero-order valence-corrected chi connectivity index (χ0v) is 15.7. The average Bonchev–Trinajstić information content (AvgIpc) is 3.12. The van der Waals surface area contributed by atoms with Gasteiger partial charge in [0.2, 0.25) is 0 Å². The SMILES string of the molecule is CCNC(=NCCCN1CCC(O)CC1)NC1CC1C.I. The fraction of sp³-hybridized carbons (Fsp3) is 0.933. The third-order valence-corrected chi connectivity index (χ3v) is 4.24. The van der Waals surface area contributed by atoms with Crippen molar-refractivity contribution in [2.75, 3.05) is 32.7 Å². The summed E-state index contributed by atoms with van der Waals surface area (Å²) in [6.45, 7) is 9.31. The van der Waals surface area contributed by atoms with Gasteiger partial charge in [0.1, 0.15) is 0 Å². The first-order chi connectivity index (χ1) is 9.69. The second kappa shape index (κ2) is 9.84. The molecule has 2 aliphatic rings. The number of halogens is 1. The lowest BCUT2D eigenvalue weighted by atomic mass is 10.1. The van der Waals surface area contributed by atoms with Gasteiger partial charge in [-0.15, -0.1) is 24.0 Å². The number of likely N-dealkylation sites (tertiary alicyclic amines) is 1. The van der Waals surface area contributed by atoms with Crippen LogP contribution in [0.2, 0.25) is 0 Å². The summed E-state index contributed by atoms with van der Waals surface area (Å²) < 4.78 is 0. The Kier molecular flexibility index (Phi) is 8.89. The van der Waals surface area contributed by atoms with Crippen molar-refractivity contribution < 1.29 is 5.11 Å². The van der Waals surface area contributed by atoms with Gasteiger partial charge in [-0.25, -0.2) is 0 Å². The van der Waals surface area contributed by atoms with Gasteiger partial charge in [-0.3, -0.25) is 4.99 Å². The summed E-state index contributed by atoms with van der Waals surface area (Å²) in [4.78, 5) is 7.08. The minimum atomic E-state index is -0.0747. The van der Waals surface area contributed by atoms with Crippen LogP contribution >= 0.6 is 24.0 Å². The van der Waals surface area contributed by atoms with Crippen LogP contribution in [0.25, 0.3) is 0 Å². The lowest BCUT2D eigenvalue weighted by molar-refractivity contribution is 0.0824. The van der Waals surface area contributed by atoms with Crippen LogP contribution in [-0.4, -0.2) is 60.8 Å². The second-order valence-electron chi connectivity index (χ2n) is 6.15. The van der Waals surface area contributed by atoms with Crippen LogP contribution in [0.1, 0.15) is 39.5 Å². The number of nitrogens with zero attached hydrogens (tertiary/aromatic N) is 2. The predicted octanol–water partition coefficient (Wildman–Crippen LogP) is 1.41. The molecule has 0 radical (unpaired) electrons. The molecule has 2 rings (SSSR count). The number of rotatable bonds is 6. The van der Waals surface area contributed by atoms with Crippen LogP contribution in [0.5, 0.6) is 0 Å². The average molecular weight is 410 g/mol. The molecule has 0 bridgehead atoms. The van der Waals surface area contributed by atoms with E-state index in [1.54, 1.807) is 0 Å². The molecule has 3 N–H and O–H groups in total. The van der Waals surface area contributed by atoms with Crippen LogP contribution in [0.4, 0.5) is 0 Å². The van der Waals surface area contributed by atoms with Crippen LogP contribution in [0.3, 0.4) is 0 Å². The molecule has 2 atom stereocenters. The Balaban J connectivity index is 0.00000220. The molecule has 2 fully saturated rings. The number of aliphatic hydroxyl groups is 1. The Hall–Kier alpha value is -0.0800. The molecular weight excluding hydrogens is 379 g/mol. The van der Waals surface area contributed by atoms with Crippen molar-refractivity contribution in [2.45, 2.75) is 51.7 Å². The van der Waals surface area contributed by atoms with Crippen molar-refractivity contribution in [3.05, 3.63) is 0 Å². The number of hydrogen-bond donors (Lipinski definition) is 3. The van der Waals surface area contributed by atoms with Crippen molar-refractivity contribution in [3.8, 4) is 0 Å². The second-order valence-corrected chi connectivity index (χ2v) is 6.15. The summed E-state index contributed by atoms with van der Waals surface area (Å²) in [6.07, 6.45) is 4.13. The highest BCUT2D eigenvalue weighted by molar-refractivity contribution is 14.0. The van der Waals surface area contributed by atoms with Gasteiger partial charge >= 0.3 is 0 Å². The van der Waals surface area contributed by atoms with E-state index in [0.717, 1.165) is 63.9 Å². The Morgan fingerprint density at radius 2 is 2.00 bits per heavy atom. The van der Waals surface area contributed by atoms with Gasteiger partial charge in [0, 0.05) is 32.2 Å². The van der Waals surface area contributed by atoms with Crippen LogP contribution in [-0.2, 0) is 0 Å². The van der Waals surface area contributed by atoms with E-state index in [-0.39, 0.29) is 30.1 Å². The molecule has 1 saturated carbocycles. The summed E-state index contributed by atoms with van der Waals surface area (Å²) in [5.74, 6) is 1.76. The Morgan fingerprint density at radius 3 is 2.57 bits per heavy atom. The largest absolute Gasteiger partial charge is 0.393 e. The number of nitrogens with one attached hydrogen (secondary N) is 2.